The van der Waals surface area contributed by atoms with Gasteiger partial charge in [0.2, 0.25) is 5.91 Å². The summed E-state index contributed by atoms with van der Waals surface area (Å²) < 4.78 is 28.9. The summed E-state index contributed by atoms with van der Waals surface area (Å²) in [5.74, 6) is 1.22. The Hall–Kier alpha value is -1.56. The van der Waals surface area contributed by atoms with Crippen molar-refractivity contribution in [3.05, 3.63) is 29.3 Å². The molecule has 2 aliphatic heterocycles. The molecule has 0 N–H and O–H groups in total. The summed E-state index contributed by atoms with van der Waals surface area (Å²) in [5.41, 5.74) is 2.13. The number of benzene rings is 1. The minimum Gasteiger partial charge on any atom is -0.493 e. The fraction of sp³-hybridized carbons (Fsp3) is 0.588. The lowest BCUT2D eigenvalue weighted by atomic mass is 10.0. The van der Waals surface area contributed by atoms with Gasteiger partial charge in [0, 0.05) is 12.6 Å². The van der Waals surface area contributed by atoms with Crippen LogP contribution in [0.2, 0.25) is 0 Å². The summed E-state index contributed by atoms with van der Waals surface area (Å²) in [6, 6.07) is 5.75. The average molecular weight is 337 g/mol. The van der Waals surface area contributed by atoms with E-state index in [1.165, 1.54) is 0 Å². The lowest BCUT2D eigenvalue weighted by Gasteiger charge is -2.27. The van der Waals surface area contributed by atoms with Crippen molar-refractivity contribution < 1.29 is 17.9 Å². The summed E-state index contributed by atoms with van der Waals surface area (Å²) in [4.78, 5) is 14.3. The van der Waals surface area contributed by atoms with Crippen molar-refractivity contribution in [2.75, 3.05) is 24.7 Å². The number of nitrogens with zero attached hydrogens (tertiary/aromatic N) is 1. The van der Waals surface area contributed by atoms with Crippen LogP contribution in [0.4, 0.5) is 0 Å². The molecule has 0 aromatic heterocycles. The Morgan fingerprint density at radius 1 is 1.39 bits per heavy atom. The first-order chi connectivity index (χ1) is 11.0. The van der Waals surface area contributed by atoms with Crippen molar-refractivity contribution in [2.45, 2.75) is 38.6 Å². The Kier molecular flexibility index (Phi) is 4.62. The van der Waals surface area contributed by atoms with E-state index in [9.17, 15) is 13.2 Å². The number of carbonyl (C=O) groups excluding carboxylic acids is 1. The number of rotatable bonds is 4. The van der Waals surface area contributed by atoms with E-state index in [0.29, 0.717) is 19.4 Å². The van der Waals surface area contributed by atoms with Gasteiger partial charge in [0.1, 0.15) is 5.75 Å². The van der Waals surface area contributed by atoms with Gasteiger partial charge in [-0.1, -0.05) is 12.1 Å². The van der Waals surface area contributed by atoms with E-state index in [2.05, 4.69) is 0 Å². The first-order valence-electron chi connectivity index (χ1n) is 8.23. The van der Waals surface area contributed by atoms with E-state index in [0.717, 1.165) is 36.3 Å². The van der Waals surface area contributed by atoms with Crippen LogP contribution in [0.1, 0.15) is 30.9 Å². The molecular formula is C17H23NO4S. The maximum Gasteiger partial charge on any atom is 0.227 e. The molecule has 0 spiro atoms. The maximum absolute atomic E-state index is 12.6. The standard InChI is InChI=1S/C17H23NO4S/c1-2-18(15-7-9-23(20,21)12-15)17(19)11-13-5-6-16-14(10-13)4-3-8-22-16/h5-6,10,15H,2-4,7-9,11-12H2,1H3. The molecule has 2 heterocycles. The van der Waals surface area contributed by atoms with Crippen molar-refractivity contribution in [3.63, 3.8) is 0 Å². The molecule has 1 fully saturated rings. The Labute approximate surface area is 137 Å². The highest BCUT2D eigenvalue weighted by Gasteiger charge is 2.33. The molecule has 0 saturated carbocycles. The number of likely N-dealkylation sites (N-methyl/N-ethyl adjacent to an activating group) is 1. The van der Waals surface area contributed by atoms with Gasteiger partial charge in [0.05, 0.1) is 24.5 Å². The molecular weight excluding hydrogens is 314 g/mol. The van der Waals surface area contributed by atoms with Crippen molar-refractivity contribution in [2.24, 2.45) is 0 Å². The molecule has 5 nitrogen and oxygen atoms in total. The number of amides is 1. The van der Waals surface area contributed by atoms with Crippen LogP contribution in [0.15, 0.2) is 18.2 Å². The van der Waals surface area contributed by atoms with Crippen LogP contribution < -0.4 is 4.74 Å². The zero-order valence-electron chi connectivity index (χ0n) is 13.5. The minimum atomic E-state index is -2.98. The third-order valence-corrected chi connectivity index (χ3v) is 6.39. The average Bonchev–Trinajstić information content (AvgIpc) is 2.87. The molecule has 126 valence electrons. The second kappa shape index (κ2) is 6.51. The third-order valence-electron chi connectivity index (χ3n) is 4.64. The summed E-state index contributed by atoms with van der Waals surface area (Å²) >= 11 is 0. The van der Waals surface area contributed by atoms with Crippen LogP contribution in [-0.2, 0) is 27.5 Å². The van der Waals surface area contributed by atoms with Gasteiger partial charge in [-0.05, 0) is 43.4 Å². The molecule has 23 heavy (non-hydrogen) atoms. The van der Waals surface area contributed by atoms with Gasteiger partial charge in [0.25, 0.3) is 0 Å². The highest BCUT2D eigenvalue weighted by atomic mass is 32.2. The molecule has 0 aliphatic carbocycles. The third kappa shape index (κ3) is 3.68. The van der Waals surface area contributed by atoms with Crippen molar-refractivity contribution in [3.8, 4) is 5.75 Å². The molecule has 2 aliphatic rings. The predicted molar refractivity (Wildman–Crippen MR) is 88.4 cm³/mol. The summed E-state index contributed by atoms with van der Waals surface area (Å²) in [7, 11) is -2.98. The lowest BCUT2D eigenvalue weighted by molar-refractivity contribution is -0.132. The predicted octanol–water partition coefficient (Wildman–Crippen LogP) is 1.59. The fourth-order valence-electron chi connectivity index (χ4n) is 3.46. The molecule has 1 atom stereocenters. The van der Waals surface area contributed by atoms with Crippen LogP contribution in [-0.4, -0.2) is 49.9 Å². The van der Waals surface area contributed by atoms with E-state index in [4.69, 9.17) is 4.74 Å². The quantitative estimate of drug-likeness (QED) is 0.837. The molecule has 1 unspecified atom stereocenters. The van der Waals surface area contributed by atoms with Gasteiger partial charge < -0.3 is 9.64 Å². The Balaban J connectivity index is 1.70. The van der Waals surface area contributed by atoms with Crippen molar-refractivity contribution >= 4 is 15.7 Å². The van der Waals surface area contributed by atoms with Crippen LogP contribution >= 0.6 is 0 Å². The summed E-state index contributed by atoms with van der Waals surface area (Å²) in [6.07, 6.45) is 2.86. The minimum absolute atomic E-state index is 0.00581. The smallest absolute Gasteiger partial charge is 0.227 e. The molecule has 3 rings (SSSR count). The van der Waals surface area contributed by atoms with E-state index >= 15 is 0 Å². The van der Waals surface area contributed by atoms with E-state index in [-0.39, 0.29) is 23.5 Å². The van der Waals surface area contributed by atoms with Crippen molar-refractivity contribution in [1.82, 2.24) is 4.90 Å². The van der Waals surface area contributed by atoms with Gasteiger partial charge in [-0.25, -0.2) is 8.42 Å². The highest BCUT2D eigenvalue weighted by molar-refractivity contribution is 7.91. The molecule has 1 aromatic rings. The van der Waals surface area contributed by atoms with Gasteiger partial charge in [-0.15, -0.1) is 0 Å². The Bertz CT molecular complexity index is 699. The summed E-state index contributed by atoms with van der Waals surface area (Å²) in [5, 5.41) is 0. The monoisotopic (exact) mass is 337 g/mol. The molecule has 6 heteroatoms. The highest BCUT2D eigenvalue weighted by Crippen LogP contribution is 2.26. The van der Waals surface area contributed by atoms with Crippen LogP contribution in [0.5, 0.6) is 5.75 Å². The van der Waals surface area contributed by atoms with Gasteiger partial charge in [0.15, 0.2) is 9.84 Å². The lowest BCUT2D eigenvalue weighted by Crippen LogP contribution is -2.41. The normalized spacial score (nSPS) is 22.2. The topological polar surface area (TPSA) is 63.7 Å². The zero-order chi connectivity index (χ0) is 16.4. The number of fused-ring (bicyclic) bond motifs is 1. The number of hydrogen-bond donors (Lipinski definition) is 0. The first-order valence-corrected chi connectivity index (χ1v) is 10.0. The molecule has 0 radical (unpaired) electrons. The van der Waals surface area contributed by atoms with Crippen LogP contribution in [0, 0.1) is 0 Å². The second-order valence-electron chi connectivity index (χ2n) is 6.31. The largest absolute Gasteiger partial charge is 0.493 e. The maximum atomic E-state index is 12.6. The molecule has 1 saturated heterocycles. The van der Waals surface area contributed by atoms with E-state index in [1.807, 2.05) is 25.1 Å². The molecule has 1 aromatic carbocycles. The number of sulfone groups is 1. The fourth-order valence-corrected chi connectivity index (χ4v) is 5.19. The number of carbonyl (C=O) groups is 1. The molecule has 1 amide bonds. The van der Waals surface area contributed by atoms with E-state index in [1.54, 1.807) is 4.90 Å². The summed E-state index contributed by atoms with van der Waals surface area (Å²) in [6.45, 7) is 3.21. The van der Waals surface area contributed by atoms with Crippen LogP contribution in [0.25, 0.3) is 0 Å². The van der Waals surface area contributed by atoms with E-state index < -0.39 is 9.84 Å². The van der Waals surface area contributed by atoms with Crippen molar-refractivity contribution in [1.29, 1.82) is 0 Å². The Morgan fingerprint density at radius 3 is 2.91 bits per heavy atom. The number of hydrogen-bond acceptors (Lipinski definition) is 4. The first kappa shape index (κ1) is 16.3. The Morgan fingerprint density at radius 2 is 2.22 bits per heavy atom. The van der Waals surface area contributed by atoms with Crippen LogP contribution in [0.3, 0.4) is 0 Å². The number of aryl methyl sites for hydroxylation is 1. The molecule has 0 bridgehead atoms. The van der Waals surface area contributed by atoms with Gasteiger partial charge in [-0.2, -0.15) is 0 Å². The van der Waals surface area contributed by atoms with Gasteiger partial charge in [-0.3, -0.25) is 4.79 Å². The second-order valence-corrected chi connectivity index (χ2v) is 8.54. The van der Waals surface area contributed by atoms with Gasteiger partial charge >= 0.3 is 0 Å². The SMILES string of the molecule is CCN(C(=O)Cc1ccc2c(c1)CCCO2)C1CCS(=O)(=O)C1. The zero-order valence-corrected chi connectivity index (χ0v) is 14.3. The number of ether oxygens (including phenoxy) is 1.